The highest BCUT2D eigenvalue weighted by Crippen LogP contribution is 2.19. The van der Waals surface area contributed by atoms with Gasteiger partial charge < -0.3 is 4.52 Å². The maximum absolute atomic E-state index is 5.51. The molecule has 0 aromatic carbocycles. The molecule has 0 fully saturated rings. The van der Waals surface area contributed by atoms with E-state index >= 15 is 0 Å². The van der Waals surface area contributed by atoms with E-state index in [4.69, 9.17) is 11.6 Å². The van der Waals surface area contributed by atoms with E-state index in [1.807, 2.05) is 13.0 Å². The summed E-state index contributed by atoms with van der Waals surface area (Å²) in [6.45, 7) is 1.92. The molecular formula is C8H6ClN3O. The Labute approximate surface area is 79.6 Å². The molecule has 2 rings (SSSR count). The number of nitrogens with zero attached hydrogens (tertiary/aromatic N) is 3. The van der Waals surface area contributed by atoms with E-state index in [2.05, 4.69) is 19.6 Å². The Balaban J connectivity index is 2.52. The van der Waals surface area contributed by atoms with Gasteiger partial charge in [-0.1, -0.05) is 5.16 Å². The van der Waals surface area contributed by atoms with Crippen molar-refractivity contribution in [2.45, 2.75) is 6.92 Å². The molecule has 0 amide bonds. The lowest BCUT2D eigenvalue weighted by Gasteiger charge is -1.96. The van der Waals surface area contributed by atoms with Gasteiger partial charge in [0.05, 0.1) is 0 Å². The van der Waals surface area contributed by atoms with Crippen LogP contribution < -0.4 is 0 Å². The van der Waals surface area contributed by atoms with Crippen molar-refractivity contribution >= 4 is 11.6 Å². The quantitative estimate of drug-likeness (QED) is 0.699. The van der Waals surface area contributed by atoms with Crippen LogP contribution in [0.5, 0.6) is 0 Å². The standard InChI is InChI=1S/C8H6ClN3O/c1-5-4-10-3-2-6(5)7-11-8(9)13-12-7/h2-4H,1H3. The third-order valence-electron chi connectivity index (χ3n) is 1.66. The van der Waals surface area contributed by atoms with Crippen LogP contribution in [0.15, 0.2) is 23.0 Å². The fourth-order valence-corrected chi connectivity index (χ4v) is 1.15. The second-order valence-electron chi connectivity index (χ2n) is 2.56. The zero-order valence-corrected chi connectivity index (χ0v) is 7.62. The van der Waals surface area contributed by atoms with Crippen molar-refractivity contribution in [1.29, 1.82) is 0 Å². The molecule has 0 radical (unpaired) electrons. The minimum Gasteiger partial charge on any atom is -0.321 e. The molecule has 2 aromatic rings. The van der Waals surface area contributed by atoms with Crippen molar-refractivity contribution in [3.8, 4) is 11.4 Å². The minimum atomic E-state index is 0.0474. The largest absolute Gasteiger partial charge is 0.321 e. The summed E-state index contributed by atoms with van der Waals surface area (Å²) in [6, 6.07) is 1.82. The summed E-state index contributed by atoms with van der Waals surface area (Å²) in [4.78, 5) is 7.86. The monoisotopic (exact) mass is 195 g/mol. The molecule has 0 aliphatic carbocycles. The van der Waals surface area contributed by atoms with Gasteiger partial charge in [-0.15, -0.1) is 0 Å². The van der Waals surface area contributed by atoms with Crippen molar-refractivity contribution in [3.05, 3.63) is 29.4 Å². The second kappa shape index (κ2) is 3.14. The molecule has 2 aromatic heterocycles. The van der Waals surface area contributed by atoms with E-state index in [0.717, 1.165) is 11.1 Å². The second-order valence-corrected chi connectivity index (χ2v) is 2.88. The van der Waals surface area contributed by atoms with Crippen molar-refractivity contribution < 1.29 is 4.52 Å². The molecule has 0 aliphatic rings. The fraction of sp³-hybridized carbons (Fsp3) is 0.125. The zero-order chi connectivity index (χ0) is 9.26. The van der Waals surface area contributed by atoms with Crippen LogP contribution in [-0.2, 0) is 0 Å². The molecule has 5 heteroatoms. The lowest BCUT2D eigenvalue weighted by Crippen LogP contribution is -1.85. The highest BCUT2D eigenvalue weighted by molar-refractivity contribution is 6.27. The molecule has 0 N–H and O–H groups in total. The topological polar surface area (TPSA) is 51.8 Å². The van der Waals surface area contributed by atoms with Gasteiger partial charge in [-0.05, 0) is 30.2 Å². The molecule has 4 nitrogen and oxygen atoms in total. The fourth-order valence-electron chi connectivity index (χ4n) is 1.04. The van der Waals surface area contributed by atoms with Gasteiger partial charge >= 0.3 is 5.35 Å². The molecule has 2 heterocycles. The molecule has 0 aliphatic heterocycles. The first-order chi connectivity index (χ1) is 6.27. The molecule has 0 spiro atoms. The Morgan fingerprint density at radius 3 is 2.92 bits per heavy atom. The SMILES string of the molecule is Cc1cnccc1-c1noc(Cl)n1. The van der Waals surface area contributed by atoms with Crippen molar-refractivity contribution in [2.75, 3.05) is 0 Å². The lowest BCUT2D eigenvalue weighted by atomic mass is 10.1. The number of hydrogen-bond donors (Lipinski definition) is 0. The Morgan fingerprint density at radius 2 is 2.31 bits per heavy atom. The molecular weight excluding hydrogens is 190 g/mol. The van der Waals surface area contributed by atoms with Crippen LogP contribution in [-0.4, -0.2) is 15.1 Å². The molecule has 0 unspecified atom stereocenters. The molecule has 13 heavy (non-hydrogen) atoms. The van der Waals surface area contributed by atoms with Gasteiger partial charge in [0.15, 0.2) is 0 Å². The maximum atomic E-state index is 5.51. The Kier molecular flexibility index (Phi) is 1.98. The number of hydrogen-bond acceptors (Lipinski definition) is 4. The predicted octanol–water partition coefficient (Wildman–Crippen LogP) is 2.09. The van der Waals surface area contributed by atoms with Crippen LogP contribution in [0, 0.1) is 6.92 Å². The molecule has 0 atom stereocenters. The summed E-state index contributed by atoms with van der Waals surface area (Å²) in [7, 11) is 0. The number of pyridine rings is 1. The van der Waals surface area contributed by atoms with Gasteiger partial charge in [-0.3, -0.25) is 4.98 Å². The van der Waals surface area contributed by atoms with E-state index in [0.29, 0.717) is 5.82 Å². The van der Waals surface area contributed by atoms with Gasteiger partial charge in [-0.25, -0.2) is 0 Å². The summed E-state index contributed by atoms with van der Waals surface area (Å²) >= 11 is 5.51. The first kappa shape index (κ1) is 8.19. The van der Waals surface area contributed by atoms with Gasteiger partial charge in [0.1, 0.15) is 0 Å². The maximum Gasteiger partial charge on any atom is 0.320 e. The zero-order valence-electron chi connectivity index (χ0n) is 6.86. The van der Waals surface area contributed by atoms with Crippen molar-refractivity contribution in [2.24, 2.45) is 0 Å². The number of aryl methyl sites for hydroxylation is 1. The van der Waals surface area contributed by atoms with Crippen LogP contribution in [0.4, 0.5) is 0 Å². The molecule has 0 saturated carbocycles. The molecule has 0 bridgehead atoms. The summed E-state index contributed by atoms with van der Waals surface area (Å²) in [5.41, 5.74) is 1.87. The van der Waals surface area contributed by atoms with Crippen LogP contribution in [0.25, 0.3) is 11.4 Å². The van der Waals surface area contributed by atoms with Crippen LogP contribution in [0.1, 0.15) is 5.56 Å². The lowest BCUT2D eigenvalue weighted by molar-refractivity contribution is 0.421. The number of halogens is 1. The minimum absolute atomic E-state index is 0.0474. The van der Waals surface area contributed by atoms with Gasteiger partial charge in [0.2, 0.25) is 5.82 Å². The summed E-state index contributed by atoms with van der Waals surface area (Å²) < 4.78 is 4.66. The normalized spacial score (nSPS) is 10.3. The average Bonchev–Trinajstić information content (AvgIpc) is 2.53. The van der Waals surface area contributed by atoms with E-state index in [-0.39, 0.29) is 5.35 Å². The third-order valence-corrected chi connectivity index (χ3v) is 1.82. The molecule has 0 saturated heterocycles. The summed E-state index contributed by atoms with van der Waals surface area (Å²) in [6.07, 6.45) is 3.41. The smallest absolute Gasteiger partial charge is 0.320 e. The van der Waals surface area contributed by atoms with Crippen LogP contribution in [0.2, 0.25) is 5.35 Å². The highest BCUT2D eigenvalue weighted by Gasteiger charge is 2.08. The Bertz CT molecular complexity index is 427. The van der Waals surface area contributed by atoms with E-state index < -0.39 is 0 Å². The summed E-state index contributed by atoms with van der Waals surface area (Å²) in [5.74, 6) is 0.491. The average molecular weight is 196 g/mol. The first-order valence-corrected chi connectivity index (χ1v) is 4.05. The number of aromatic nitrogens is 3. The van der Waals surface area contributed by atoms with E-state index in [9.17, 15) is 0 Å². The highest BCUT2D eigenvalue weighted by atomic mass is 35.5. The van der Waals surface area contributed by atoms with Gasteiger partial charge in [0.25, 0.3) is 0 Å². The van der Waals surface area contributed by atoms with Crippen molar-refractivity contribution in [3.63, 3.8) is 0 Å². The Morgan fingerprint density at radius 1 is 1.46 bits per heavy atom. The van der Waals surface area contributed by atoms with E-state index in [1.54, 1.807) is 12.4 Å². The van der Waals surface area contributed by atoms with E-state index in [1.165, 1.54) is 0 Å². The van der Waals surface area contributed by atoms with Crippen LogP contribution in [0.3, 0.4) is 0 Å². The predicted molar refractivity (Wildman–Crippen MR) is 47.3 cm³/mol. The third kappa shape index (κ3) is 1.53. The van der Waals surface area contributed by atoms with Crippen molar-refractivity contribution in [1.82, 2.24) is 15.1 Å². The summed E-state index contributed by atoms with van der Waals surface area (Å²) in [5, 5.41) is 3.75. The van der Waals surface area contributed by atoms with Crippen LogP contribution >= 0.6 is 11.6 Å². The van der Waals surface area contributed by atoms with Gasteiger partial charge in [-0.2, -0.15) is 4.98 Å². The number of rotatable bonds is 1. The Hall–Kier alpha value is -1.42. The van der Waals surface area contributed by atoms with Gasteiger partial charge in [0, 0.05) is 18.0 Å². The molecule has 66 valence electrons. The first-order valence-electron chi connectivity index (χ1n) is 3.67.